The number of carbonyl (C=O) groups excluding carboxylic acids is 2. The van der Waals surface area contributed by atoms with Gasteiger partial charge in [0.15, 0.2) is 0 Å². The fourth-order valence-electron chi connectivity index (χ4n) is 3.60. The third kappa shape index (κ3) is 7.68. The minimum Gasteiger partial charge on any atom is -0.446 e. The van der Waals surface area contributed by atoms with Crippen LogP contribution in [0.3, 0.4) is 0 Å². The molecule has 1 saturated carbocycles. The lowest BCUT2D eigenvalue weighted by Crippen LogP contribution is -2.46. The third-order valence-corrected chi connectivity index (χ3v) is 5.82. The van der Waals surface area contributed by atoms with Crippen LogP contribution in [0, 0.1) is 23.2 Å². The maximum Gasteiger partial charge on any atom is 0.414 e. The average Bonchev–Trinajstić information content (AvgIpc) is 2.57. The van der Waals surface area contributed by atoms with Crippen molar-refractivity contribution in [1.82, 2.24) is 10.6 Å². The first kappa shape index (κ1) is 25.5. The lowest BCUT2D eigenvalue weighted by molar-refractivity contribution is -0.119. The Labute approximate surface area is 188 Å². The third-order valence-electron chi connectivity index (χ3n) is 5.11. The van der Waals surface area contributed by atoms with Gasteiger partial charge >= 0.3 is 6.09 Å². The van der Waals surface area contributed by atoms with Crippen LogP contribution in [-0.2, 0) is 16.0 Å². The van der Waals surface area contributed by atoms with E-state index in [1.165, 1.54) is 0 Å². The maximum atomic E-state index is 12.2. The fraction of sp³-hybridized carbons (Fsp3) is 0.550. The topological polar surface area (TPSA) is 91.3 Å². The minimum absolute atomic E-state index is 0. The first-order valence-corrected chi connectivity index (χ1v) is 10.2. The van der Waals surface area contributed by atoms with E-state index >= 15 is 0 Å². The molecule has 1 aliphatic rings. The Morgan fingerprint density at radius 2 is 1.83 bits per heavy atom. The summed E-state index contributed by atoms with van der Waals surface area (Å²) in [5, 5.41) is 13.1. The lowest BCUT2D eigenvalue weighted by Gasteiger charge is -2.36. The van der Waals surface area contributed by atoms with Crippen molar-refractivity contribution < 1.29 is 14.3 Å². The SMILES string of the molecule is CC1CCC(C(C)C)C(OC(=O)NC(=N)NC(=O)Cc2c(Cl)cccc2Cl)C1.Cl. The molecular formula is C20H28Cl3N3O3. The van der Waals surface area contributed by atoms with Crippen LogP contribution >= 0.6 is 35.6 Å². The summed E-state index contributed by atoms with van der Waals surface area (Å²) in [7, 11) is 0. The first-order chi connectivity index (χ1) is 13.2. The van der Waals surface area contributed by atoms with E-state index in [9.17, 15) is 9.59 Å². The predicted molar refractivity (Wildman–Crippen MR) is 118 cm³/mol. The zero-order chi connectivity index (χ0) is 20.8. The summed E-state index contributed by atoms with van der Waals surface area (Å²) in [5.74, 6) is 0.250. The van der Waals surface area contributed by atoms with Crippen LogP contribution < -0.4 is 10.6 Å². The van der Waals surface area contributed by atoms with Crippen LogP contribution in [0.1, 0.15) is 45.6 Å². The molecule has 3 atom stereocenters. The van der Waals surface area contributed by atoms with E-state index < -0.39 is 18.0 Å². The normalized spacial score (nSPS) is 21.1. The van der Waals surface area contributed by atoms with E-state index in [2.05, 4.69) is 31.4 Å². The zero-order valence-corrected chi connectivity index (χ0v) is 19.1. The number of alkyl carbamates (subject to hydrolysis) is 1. The summed E-state index contributed by atoms with van der Waals surface area (Å²) in [6, 6.07) is 4.95. The Morgan fingerprint density at radius 1 is 1.21 bits per heavy atom. The van der Waals surface area contributed by atoms with Crippen molar-refractivity contribution in [3.63, 3.8) is 0 Å². The van der Waals surface area contributed by atoms with Gasteiger partial charge in [-0.25, -0.2) is 4.79 Å². The van der Waals surface area contributed by atoms with E-state index in [1.54, 1.807) is 18.2 Å². The molecule has 3 unspecified atom stereocenters. The second kappa shape index (κ2) is 11.6. The molecule has 3 N–H and O–H groups in total. The highest BCUT2D eigenvalue weighted by atomic mass is 35.5. The summed E-state index contributed by atoms with van der Waals surface area (Å²) in [6.45, 7) is 6.39. The van der Waals surface area contributed by atoms with Crippen molar-refractivity contribution in [2.45, 2.75) is 52.6 Å². The van der Waals surface area contributed by atoms with Gasteiger partial charge in [-0.3, -0.25) is 20.8 Å². The molecule has 1 fully saturated rings. The van der Waals surface area contributed by atoms with E-state index in [0.29, 0.717) is 33.4 Å². The van der Waals surface area contributed by atoms with Crippen LogP contribution in [0.25, 0.3) is 0 Å². The number of hydrogen-bond donors (Lipinski definition) is 3. The molecular weight excluding hydrogens is 437 g/mol. The highest BCUT2D eigenvalue weighted by Gasteiger charge is 2.33. The number of guanidine groups is 1. The van der Waals surface area contributed by atoms with Gasteiger partial charge in [0.25, 0.3) is 0 Å². The van der Waals surface area contributed by atoms with E-state index in [4.69, 9.17) is 33.3 Å². The Bertz CT molecular complexity index is 723. The number of rotatable bonds is 4. The quantitative estimate of drug-likeness (QED) is 0.422. The van der Waals surface area contributed by atoms with Crippen LogP contribution in [-0.4, -0.2) is 24.1 Å². The molecule has 2 amide bonds. The Kier molecular flexibility index (Phi) is 10.2. The van der Waals surface area contributed by atoms with Gasteiger partial charge in [-0.2, -0.15) is 0 Å². The minimum atomic E-state index is -0.731. The van der Waals surface area contributed by atoms with Crippen molar-refractivity contribution in [1.29, 1.82) is 5.41 Å². The molecule has 0 spiro atoms. The molecule has 0 aromatic heterocycles. The summed E-state index contributed by atoms with van der Waals surface area (Å²) in [4.78, 5) is 24.3. The molecule has 1 aliphatic carbocycles. The van der Waals surface area contributed by atoms with Gasteiger partial charge < -0.3 is 4.74 Å². The summed E-state index contributed by atoms with van der Waals surface area (Å²) in [5.41, 5.74) is 0.467. The molecule has 9 heteroatoms. The van der Waals surface area contributed by atoms with Gasteiger partial charge in [-0.1, -0.05) is 56.5 Å². The molecule has 0 bridgehead atoms. The zero-order valence-electron chi connectivity index (χ0n) is 16.8. The number of hydrogen-bond acceptors (Lipinski definition) is 4. The number of benzene rings is 1. The number of amides is 2. The molecule has 2 rings (SSSR count). The molecule has 29 heavy (non-hydrogen) atoms. The van der Waals surface area contributed by atoms with Crippen LogP contribution in [0.5, 0.6) is 0 Å². The summed E-state index contributed by atoms with van der Waals surface area (Å²) >= 11 is 12.1. The molecule has 1 aromatic carbocycles. The van der Waals surface area contributed by atoms with Gasteiger partial charge in [-0.15, -0.1) is 12.4 Å². The first-order valence-electron chi connectivity index (χ1n) is 9.46. The van der Waals surface area contributed by atoms with Crippen LogP contribution in [0.15, 0.2) is 18.2 Å². The smallest absolute Gasteiger partial charge is 0.414 e. The van der Waals surface area contributed by atoms with Crippen molar-refractivity contribution in [2.24, 2.45) is 17.8 Å². The van der Waals surface area contributed by atoms with Crippen LogP contribution in [0.4, 0.5) is 4.79 Å². The van der Waals surface area contributed by atoms with Gasteiger partial charge in [0.05, 0.1) is 6.42 Å². The fourth-order valence-corrected chi connectivity index (χ4v) is 4.13. The molecule has 0 heterocycles. The van der Waals surface area contributed by atoms with Gasteiger partial charge in [-0.05, 0) is 48.3 Å². The standard InChI is InChI=1S/C20H27Cl2N3O3.ClH/c1-11(2)13-8-7-12(3)9-17(13)28-20(27)25-19(23)24-18(26)10-14-15(21)5-4-6-16(14)22;/h4-6,11-13,17H,7-10H2,1-3H3,(H3,23,24,25,26,27);1H. The summed E-state index contributed by atoms with van der Waals surface area (Å²) < 4.78 is 5.56. The molecule has 1 aromatic rings. The van der Waals surface area contributed by atoms with Crippen LogP contribution in [0.2, 0.25) is 10.0 Å². The predicted octanol–water partition coefficient (Wildman–Crippen LogP) is 5.20. The summed E-state index contributed by atoms with van der Waals surface area (Å²) in [6.07, 6.45) is 1.93. The van der Waals surface area contributed by atoms with E-state index in [-0.39, 0.29) is 24.9 Å². The molecule has 6 nitrogen and oxygen atoms in total. The van der Waals surface area contributed by atoms with Crippen molar-refractivity contribution in [3.05, 3.63) is 33.8 Å². The lowest BCUT2D eigenvalue weighted by atomic mass is 9.75. The number of ether oxygens (including phenoxy) is 1. The molecule has 0 aliphatic heterocycles. The van der Waals surface area contributed by atoms with Crippen molar-refractivity contribution in [3.8, 4) is 0 Å². The molecule has 0 radical (unpaired) electrons. The van der Waals surface area contributed by atoms with Gasteiger partial charge in [0, 0.05) is 10.0 Å². The number of halogens is 3. The molecule has 162 valence electrons. The number of nitrogens with one attached hydrogen (secondary N) is 3. The Hall–Kier alpha value is -1.50. The van der Waals surface area contributed by atoms with Gasteiger partial charge in [0.1, 0.15) is 6.10 Å². The second-order valence-electron chi connectivity index (χ2n) is 7.70. The largest absolute Gasteiger partial charge is 0.446 e. The number of carbonyl (C=O) groups is 2. The average molecular weight is 465 g/mol. The van der Waals surface area contributed by atoms with Crippen molar-refractivity contribution in [2.75, 3.05) is 0 Å². The van der Waals surface area contributed by atoms with Crippen molar-refractivity contribution >= 4 is 53.6 Å². The monoisotopic (exact) mass is 463 g/mol. The Balaban J connectivity index is 0.00000420. The second-order valence-corrected chi connectivity index (χ2v) is 8.51. The Morgan fingerprint density at radius 3 is 2.41 bits per heavy atom. The maximum absolute atomic E-state index is 12.2. The van der Waals surface area contributed by atoms with Gasteiger partial charge in [0.2, 0.25) is 11.9 Å². The van der Waals surface area contributed by atoms with E-state index in [0.717, 1.165) is 19.3 Å². The molecule has 0 saturated heterocycles. The highest BCUT2D eigenvalue weighted by Crippen LogP contribution is 2.35. The van der Waals surface area contributed by atoms with E-state index in [1.807, 2.05) is 0 Å². The highest BCUT2D eigenvalue weighted by molar-refractivity contribution is 6.36.